The molecule has 0 bridgehead atoms. The van der Waals surface area contributed by atoms with Crippen molar-refractivity contribution in [1.82, 2.24) is 19.6 Å². The molecular weight excluding hydrogens is 268 g/mol. The molecule has 21 heavy (non-hydrogen) atoms. The van der Waals surface area contributed by atoms with E-state index in [0.717, 1.165) is 19.4 Å². The van der Waals surface area contributed by atoms with Crippen LogP contribution < -0.4 is 0 Å². The fourth-order valence-corrected chi connectivity index (χ4v) is 2.90. The first-order chi connectivity index (χ1) is 10.1. The predicted molar refractivity (Wildman–Crippen MR) is 76.5 cm³/mol. The maximum absolute atomic E-state index is 12.6. The van der Waals surface area contributed by atoms with Crippen molar-refractivity contribution in [3.63, 3.8) is 0 Å². The van der Waals surface area contributed by atoms with Gasteiger partial charge in [0.1, 0.15) is 0 Å². The second-order valence-corrected chi connectivity index (χ2v) is 5.60. The highest BCUT2D eigenvalue weighted by molar-refractivity contribution is 5.77. The molecule has 0 spiro atoms. The molecule has 3 rings (SSSR count). The van der Waals surface area contributed by atoms with Crippen LogP contribution in [-0.2, 0) is 4.79 Å². The third-order valence-corrected chi connectivity index (χ3v) is 4.02. The van der Waals surface area contributed by atoms with Crippen molar-refractivity contribution in [3.8, 4) is 0 Å². The summed E-state index contributed by atoms with van der Waals surface area (Å²) in [5.41, 5.74) is 0. The Bertz CT molecular complexity index is 605. The maximum Gasteiger partial charge on any atom is 0.225 e. The lowest BCUT2D eigenvalue weighted by atomic mass is 10.1. The number of aromatic nitrogens is 3. The first kappa shape index (κ1) is 13.9. The largest absolute Gasteiger partial charge is 0.351 e. The van der Waals surface area contributed by atoms with Gasteiger partial charge in [0.2, 0.25) is 11.8 Å². The summed E-state index contributed by atoms with van der Waals surface area (Å²) in [6, 6.07) is 4.07. The van der Waals surface area contributed by atoms with Crippen LogP contribution in [0, 0.1) is 6.92 Å². The quantitative estimate of drug-likeness (QED) is 0.867. The number of likely N-dealkylation sites (tertiary alicyclic amines) is 1. The van der Waals surface area contributed by atoms with E-state index in [4.69, 9.17) is 4.52 Å². The highest BCUT2D eigenvalue weighted by atomic mass is 16.5. The fraction of sp³-hybridized carbons (Fsp3) is 0.533. The summed E-state index contributed by atoms with van der Waals surface area (Å²) in [4.78, 5) is 18.7. The number of hydrogen-bond donors (Lipinski definition) is 0. The molecule has 3 heterocycles. The molecule has 1 saturated heterocycles. The molecule has 2 aromatic heterocycles. The lowest BCUT2D eigenvalue weighted by Crippen LogP contribution is -2.32. The number of rotatable bonds is 4. The highest BCUT2D eigenvalue weighted by Gasteiger charge is 2.33. The summed E-state index contributed by atoms with van der Waals surface area (Å²) in [5.74, 6) is 1.33. The van der Waals surface area contributed by atoms with E-state index in [-0.39, 0.29) is 18.0 Å². The van der Waals surface area contributed by atoms with Gasteiger partial charge in [0.15, 0.2) is 5.82 Å². The summed E-state index contributed by atoms with van der Waals surface area (Å²) < 4.78 is 7.10. The number of hydrogen-bond acceptors (Lipinski definition) is 4. The minimum atomic E-state index is -0.0354. The Kier molecular flexibility index (Phi) is 3.77. The van der Waals surface area contributed by atoms with Gasteiger partial charge in [-0.15, -0.1) is 0 Å². The molecule has 2 atom stereocenters. The maximum atomic E-state index is 12.6. The molecule has 1 amide bonds. The Morgan fingerprint density at radius 2 is 2.24 bits per heavy atom. The number of nitrogens with zero attached hydrogens (tertiary/aromatic N) is 4. The molecule has 0 radical (unpaired) electrons. The van der Waals surface area contributed by atoms with Crippen molar-refractivity contribution in [2.45, 2.75) is 45.2 Å². The molecule has 112 valence electrons. The van der Waals surface area contributed by atoms with Crippen LogP contribution in [0.25, 0.3) is 0 Å². The number of carbonyl (C=O) groups excluding carboxylic acids is 1. The van der Waals surface area contributed by atoms with E-state index in [1.54, 1.807) is 6.92 Å². The van der Waals surface area contributed by atoms with Crippen molar-refractivity contribution in [2.24, 2.45) is 0 Å². The van der Waals surface area contributed by atoms with Crippen LogP contribution in [0.1, 0.15) is 50.0 Å². The summed E-state index contributed by atoms with van der Waals surface area (Å²) >= 11 is 0. The number of carbonyl (C=O) groups is 1. The summed E-state index contributed by atoms with van der Waals surface area (Å²) in [6.07, 6.45) is 6.36. The van der Waals surface area contributed by atoms with Crippen LogP contribution in [-0.4, -0.2) is 32.1 Å². The zero-order valence-corrected chi connectivity index (χ0v) is 12.4. The van der Waals surface area contributed by atoms with E-state index in [2.05, 4.69) is 21.6 Å². The smallest absolute Gasteiger partial charge is 0.225 e. The van der Waals surface area contributed by atoms with E-state index < -0.39 is 0 Å². The Morgan fingerprint density at radius 1 is 1.48 bits per heavy atom. The van der Waals surface area contributed by atoms with Gasteiger partial charge in [-0.2, -0.15) is 4.98 Å². The molecule has 1 aliphatic heterocycles. The number of amides is 1. The van der Waals surface area contributed by atoms with E-state index in [1.165, 1.54) is 0 Å². The van der Waals surface area contributed by atoms with Gasteiger partial charge in [-0.1, -0.05) is 5.16 Å². The van der Waals surface area contributed by atoms with Crippen LogP contribution in [0.2, 0.25) is 0 Å². The zero-order chi connectivity index (χ0) is 14.8. The average Bonchev–Trinajstić information content (AvgIpc) is 3.19. The van der Waals surface area contributed by atoms with Gasteiger partial charge in [0.25, 0.3) is 0 Å². The van der Waals surface area contributed by atoms with Gasteiger partial charge in [-0.3, -0.25) is 4.79 Å². The van der Waals surface area contributed by atoms with Crippen molar-refractivity contribution >= 4 is 5.91 Å². The standard InChI is InChI=1S/C15H20N4O2/c1-11(18-7-3-4-8-18)10-14(20)19-9-5-6-13(19)15-16-12(2)21-17-15/h3-4,7-8,11,13H,5-6,9-10H2,1-2H3. The lowest BCUT2D eigenvalue weighted by Gasteiger charge is -2.24. The monoisotopic (exact) mass is 288 g/mol. The van der Waals surface area contributed by atoms with Crippen LogP contribution in [0.5, 0.6) is 0 Å². The zero-order valence-electron chi connectivity index (χ0n) is 12.4. The third kappa shape index (κ3) is 2.84. The van der Waals surface area contributed by atoms with Crippen molar-refractivity contribution in [1.29, 1.82) is 0 Å². The third-order valence-electron chi connectivity index (χ3n) is 4.02. The molecule has 6 nitrogen and oxygen atoms in total. The molecule has 0 saturated carbocycles. The van der Waals surface area contributed by atoms with Gasteiger partial charge in [-0.05, 0) is 31.9 Å². The Morgan fingerprint density at radius 3 is 2.90 bits per heavy atom. The topological polar surface area (TPSA) is 64.2 Å². The van der Waals surface area contributed by atoms with E-state index >= 15 is 0 Å². The Labute approximate surface area is 123 Å². The first-order valence-corrected chi connectivity index (χ1v) is 7.37. The fourth-order valence-electron chi connectivity index (χ4n) is 2.90. The molecule has 0 N–H and O–H groups in total. The Hall–Kier alpha value is -2.11. The molecule has 6 heteroatoms. The van der Waals surface area contributed by atoms with Gasteiger partial charge in [0, 0.05) is 38.3 Å². The predicted octanol–water partition coefficient (Wildman–Crippen LogP) is 2.49. The second-order valence-electron chi connectivity index (χ2n) is 5.60. The lowest BCUT2D eigenvalue weighted by molar-refractivity contribution is -0.133. The normalized spacial score (nSPS) is 19.9. The molecule has 0 aliphatic carbocycles. The minimum absolute atomic E-state index is 0.0354. The summed E-state index contributed by atoms with van der Waals surface area (Å²) in [6.45, 7) is 4.60. The average molecular weight is 288 g/mol. The van der Waals surface area contributed by atoms with Crippen molar-refractivity contribution in [3.05, 3.63) is 36.2 Å². The molecule has 2 aromatic rings. The number of aryl methyl sites for hydroxylation is 1. The van der Waals surface area contributed by atoms with Crippen LogP contribution in [0.3, 0.4) is 0 Å². The SMILES string of the molecule is Cc1nc(C2CCCN2C(=O)CC(C)n2cccc2)no1. The van der Waals surface area contributed by atoms with E-state index in [0.29, 0.717) is 18.1 Å². The molecule has 2 unspecified atom stereocenters. The van der Waals surface area contributed by atoms with Crippen LogP contribution in [0.15, 0.2) is 29.0 Å². The molecule has 1 fully saturated rings. The van der Waals surface area contributed by atoms with Gasteiger partial charge < -0.3 is 14.0 Å². The van der Waals surface area contributed by atoms with E-state index in [1.807, 2.05) is 29.4 Å². The van der Waals surface area contributed by atoms with Gasteiger partial charge >= 0.3 is 0 Å². The second kappa shape index (κ2) is 5.71. The van der Waals surface area contributed by atoms with E-state index in [9.17, 15) is 4.79 Å². The summed E-state index contributed by atoms with van der Waals surface area (Å²) in [7, 11) is 0. The molecule has 1 aliphatic rings. The van der Waals surface area contributed by atoms with Crippen molar-refractivity contribution < 1.29 is 9.32 Å². The summed E-state index contributed by atoms with van der Waals surface area (Å²) in [5, 5.41) is 3.97. The van der Waals surface area contributed by atoms with Crippen molar-refractivity contribution in [2.75, 3.05) is 6.54 Å². The van der Waals surface area contributed by atoms with Crippen LogP contribution in [0.4, 0.5) is 0 Å². The van der Waals surface area contributed by atoms with Gasteiger partial charge in [-0.25, -0.2) is 0 Å². The van der Waals surface area contributed by atoms with Gasteiger partial charge in [0.05, 0.1) is 6.04 Å². The molecular formula is C15H20N4O2. The Balaban J connectivity index is 1.68. The molecule has 0 aromatic carbocycles. The van der Waals surface area contributed by atoms with Crippen LogP contribution >= 0.6 is 0 Å². The highest BCUT2D eigenvalue weighted by Crippen LogP contribution is 2.31. The first-order valence-electron chi connectivity index (χ1n) is 7.37. The minimum Gasteiger partial charge on any atom is -0.351 e.